The molecule has 0 radical (unpaired) electrons. The molecule has 28 heavy (non-hydrogen) atoms. The van der Waals surface area contributed by atoms with Crippen LogP contribution in [0.2, 0.25) is 0 Å². The van der Waals surface area contributed by atoms with Gasteiger partial charge in [-0.25, -0.2) is 9.78 Å². The van der Waals surface area contributed by atoms with E-state index in [9.17, 15) is 10.1 Å². The molecule has 0 bridgehead atoms. The number of nitrogens with zero attached hydrogens (tertiary/aromatic N) is 3. The van der Waals surface area contributed by atoms with E-state index in [4.69, 9.17) is 19.9 Å². The van der Waals surface area contributed by atoms with Crippen molar-refractivity contribution in [1.82, 2.24) is 14.9 Å². The van der Waals surface area contributed by atoms with Crippen molar-refractivity contribution in [3.63, 3.8) is 0 Å². The van der Waals surface area contributed by atoms with Crippen LogP contribution in [0.15, 0.2) is 30.0 Å². The molecule has 2 heterocycles. The average molecular weight is 379 g/mol. The fraction of sp³-hybridized carbons (Fsp3) is 0.300. The van der Waals surface area contributed by atoms with E-state index in [1.807, 2.05) is 30.7 Å². The lowest BCUT2D eigenvalue weighted by molar-refractivity contribution is 0.0600. The fourth-order valence-electron chi connectivity index (χ4n) is 2.99. The van der Waals surface area contributed by atoms with Crippen LogP contribution in [-0.2, 0) is 11.3 Å². The number of nitriles is 1. The number of esters is 1. The number of ether oxygens (including phenoxy) is 2. The highest BCUT2D eigenvalue weighted by Crippen LogP contribution is 2.34. The third kappa shape index (κ3) is 3.60. The van der Waals surface area contributed by atoms with Crippen LogP contribution < -0.4 is 10.1 Å². The Morgan fingerprint density at radius 3 is 2.93 bits per heavy atom. The van der Waals surface area contributed by atoms with Crippen LogP contribution in [0.5, 0.6) is 5.75 Å². The summed E-state index contributed by atoms with van der Waals surface area (Å²) in [6.07, 6.45) is 2.86. The molecule has 0 saturated heterocycles. The first-order chi connectivity index (χ1) is 13.5. The van der Waals surface area contributed by atoms with Crippen LogP contribution in [-0.4, -0.2) is 41.5 Å². The molecule has 0 amide bonds. The van der Waals surface area contributed by atoms with Crippen molar-refractivity contribution in [3.05, 3.63) is 41.2 Å². The smallest absolute Gasteiger partial charge is 0.337 e. The van der Waals surface area contributed by atoms with Gasteiger partial charge in [0.05, 0.1) is 36.1 Å². The summed E-state index contributed by atoms with van der Waals surface area (Å²) in [5, 5.41) is 20.1. The molecular weight excluding hydrogens is 358 g/mol. The molecule has 2 N–H and O–H groups in total. The Balaban J connectivity index is 2.12. The first kappa shape index (κ1) is 19.2. The van der Waals surface area contributed by atoms with Crippen LogP contribution in [0, 0.1) is 16.7 Å². The van der Waals surface area contributed by atoms with E-state index in [0.717, 1.165) is 11.8 Å². The monoisotopic (exact) mass is 379 g/mol. The summed E-state index contributed by atoms with van der Waals surface area (Å²) in [5.41, 5.74) is 2.45. The number of hydrogen-bond acceptors (Lipinski definition) is 7. The van der Waals surface area contributed by atoms with E-state index in [1.54, 1.807) is 18.2 Å². The van der Waals surface area contributed by atoms with E-state index in [1.165, 1.54) is 7.11 Å². The highest BCUT2D eigenvalue weighted by molar-refractivity contribution is 5.93. The maximum atomic E-state index is 11.8. The summed E-state index contributed by atoms with van der Waals surface area (Å²) in [6.45, 7) is 4.88. The summed E-state index contributed by atoms with van der Waals surface area (Å²) in [5.74, 6) is 0.786. The van der Waals surface area contributed by atoms with Crippen molar-refractivity contribution in [3.8, 4) is 23.2 Å². The van der Waals surface area contributed by atoms with Crippen molar-refractivity contribution < 1.29 is 14.3 Å². The van der Waals surface area contributed by atoms with Crippen molar-refractivity contribution in [1.29, 1.82) is 10.7 Å². The molecule has 0 aliphatic carbocycles. The van der Waals surface area contributed by atoms with Gasteiger partial charge in [-0.15, -0.1) is 0 Å². The number of carbonyl (C=O) groups excluding carboxylic acids is 1. The van der Waals surface area contributed by atoms with Gasteiger partial charge >= 0.3 is 5.97 Å². The second kappa shape index (κ2) is 7.96. The van der Waals surface area contributed by atoms with Crippen LogP contribution in [0.3, 0.4) is 0 Å². The Bertz CT molecular complexity index is 998. The zero-order valence-electron chi connectivity index (χ0n) is 15.9. The average Bonchev–Trinajstić information content (AvgIpc) is 3.03. The summed E-state index contributed by atoms with van der Waals surface area (Å²) >= 11 is 0. The summed E-state index contributed by atoms with van der Waals surface area (Å²) in [4.78, 5) is 16.5. The van der Waals surface area contributed by atoms with Gasteiger partial charge in [0.2, 0.25) is 0 Å². The molecule has 1 aliphatic heterocycles. The topological polar surface area (TPSA) is 113 Å². The van der Waals surface area contributed by atoms with Gasteiger partial charge in [0, 0.05) is 18.5 Å². The van der Waals surface area contributed by atoms with Crippen molar-refractivity contribution in [2.45, 2.75) is 26.4 Å². The van der Waals surface area contributed by atoms with E-state index in [0.29, 0.717) is 41.7 Å². The van der Waals surface area contributed by atoms with Crippen LogP contribution in [0.25, 0.3) is 17.1 Å². The van der Waals surface area contributed by atoms with Crippen molar-refractivity contribution >= 4 is 17.9 Å². The maximum Gasteiger partial charge on any atom is 0.337 e. The molecule has 1 aromatic carbocycles. The number of aromatic nitrogens is 2. The molecule has 0 fully saturated rings. The van der Waals surface area contributed by atoms with E-state index in [-0.39, 0.29) is 11.6 Å². The number of fused-ring (bicyclic) bond motifs is 3. The molecule has 0 saturated carbocycles. The third-order valence-electron chi connectivity index (χ3n) is 4.23. The minimum absolute atomic E-state index is 0.0676. The number of benzene rings is 1. The Labute approximate surface area is 162 Å². The Morgan fingerprint density at radius 1 is 1.50 bits per heavy atom. The lowest BCUT2D eigenvalue weighted by atomic mass is 10.1. The molecular formula is C20H21N5O3. The molecule has 2 aromatic rings. The van der Waals surface area contributed by atoms with E-state index < -0.39 is 5.97 Å². The van der Waals surface area contributed by atoms with Crippen LogP contribution in [0.4, 0.5) is 0 Å². The SMILES string of the molecule is COC(=O)c1ccc2c(c1)OCCn1cc(/C(NC(C)C)=C(\C#N)C=N)nc1-2. The second-order valence-corrected chi connectivity index (χ2v) is 6.54. The molecule has 0 atom stereocenters. The molecule has 0 spiro atoms. The first-order valence-corrected chi connectivity index (χ1v) is 8.83. The van der Waals surface area contributed by atoms with Gasteiger partial charge < -0.3 is 24.8 Å². The lowest BCUT2D eigenvalue weighted by Gasteiger charge is -2.13. The molecule has 1 aromatic heterocycles. The molecule has 8 nitrogen and oxygen atoms in total. The maximum absolute atomic E-state index is 11.8. The number of imidazole rings is 1. The summed E-state index contributed by atoms with van der Waals surface area (Å²) in [7, 11) is 1.33. The van der Waals surface area contributed by atoms with Crippen molar-refractivity contribution in [2.24, 2.45) is 0 Å². The predicted molar refractivity (Wildman–Crippen MR) is 104 cm³/mol. The Morgan fingerprint density at radius 2 is 2.29 bits per heavy atom. The second-order valence-electron chi connectivity index (χ2n) is 6.54. The molecule has 0 unspecified atom stereocenters. The van der Waals surface area contributed by atoms with Crippen molar-refractivity contribution in [2.75, 3.05) is 13.7 Å². The van der Waals surface area contributed by atoms with Crippen LogP contribution in [0.1, 0.15) is 29.9 Å². The molecule has 1 aliphatic rings. The van der Waals surface area contributed by atoms with Gasteiger partial charge in [-0.3, -0.25) is 0 Å². The molecule has 144 valence electrons. The fourth-order valence-corrected chi connectivity index (χ4v) is 2.99. The van der Waals surface area contributed by atoms with Crippen LogP contribution >= 0.6 is 0 Å². The molecule has 3 rings (SSSR count). The van der Waals surface area contributed by atoms with E-state index in [2.05, 4.69) is 5.32 Å². The summed E-state index contributed by atoms with van der Waals surface area (Å²) in [6, 6.07) is 7.20. The zero-order chi connectivity index (χ0) is 20.3. The highest BCUT2D eigenvalue weighted by atomic mass is 16.5. The third-order valence-corrected chi connectivity index (χ3v) is 4.23. The van der Waals surface area contributed by atoms with E-state index >= 15 is 0 Å². The van der Waals surface area contributed by atoms with Gasteiger partial charge in [0.25, 0.3) is 0 Å². The zero-order valence-corrected chi connectivity index (χ0v) is 15.9. The molecule has 8 heteroatoms. The largest absolute Gasteiger partial charge is 0.491 e. The minimum atomic E-state index is -0.435. The lowest BCUT2D eigenvalue weighted by Crippen LogP contribution is -2.23. The number of carbonyl (C=O) groups is 1. The number of nitrogens with one attached hydrogen (secondary N) is 2. The highest BCUT2D eigenvalue weighted by Gasteiger charge is 2.22. The number of allylic oxidation sites excluding steroid dienone is 1. The predicted octanol–water partition coefficient (Wildman–Crippen LogP) is 2.61. The number of rotatable bonds is 5. The standard InChI is InChI=1S/C20H21N5O3/c1-12(2)23-18(14(9-21)10-22)16-11-25-6-7-28-17-8-13(20(26)27-3)4-5-15(17)19(25)24-16/h4-5,8-9,11-12,21,23H,6-7H2,1-3H3/b18-14+,21-9?. The van der Waals surface area contributed by atoms with Gasteiger partial charge in [-0.2, -0.15) is 5.26 Å². The summed E-state index contributed by atoms with van der Waals surface area (Å²) < 4.78 is 12.5. The first-order valence-electron chi connectivity index (χ1n) is 8.83. The normalized spacial score (nSPS) is 13.2. The van der Waals surface area contributed by atoms with Gasteiger partial charge in [0.1, 0.15) is 29.9 Å². The van der Waals surface area contributed by atoms with Gasteiger partial charge in [-0.05, 0) is 32.0 Å². The van der Waals surface area contributed by atoms with Gasteiger partial charge in [0.15, 0.2) is 0 Å². The minimum Gasteiger partial charge on any atom is -0.491 e. The number of hydrogen-bond donors (Lipinski definition) is 2. The Kier molecular flexibility index (Phi) is 5.45. The number of methoxy groups -OCH3 is 1. The Hall–Kier alpha value is -3.60. The quantitative estimate of drug-likeness (QED) is 0.469. The van der Waals surface area contributed by atoms with Gasteiger partial charge in [-0.1, -0.05) is 0 Å².